The molecule has 4 heteroatoms. The monoisotopic (exact) mass is 305 g/mol. The fourth-order valence-electron chi connectivity index (χ4n) is 2.06. The summed E-state index contributed by atoms with van der Waals surface area (Å²) >= 11 is 6.24. The van der Waals surface area contributed by atoms with Gasteiger partial charge in [-0.25, -0.2) is 0 Å². The molecule has 2 aromatic rings. The molecule has 0 saturated carbocycles. The number of hydrogen-bond acceptors (Lipinski definition) is 3. The number of ether oxygens (including phenoxy) is 2. The van der Waals surface area contributed by atoms with Gasteiger partial charge in [-0.05, 0) is 43.7 Å². The molecule has 21 heavy (non-hydrogen) atoms. The molecular weight excluding hydrogens is 286 g/mol. The Morgan fingerprint density at radius 1 is 1.14 bits per heavy atom. The highest BCUT2D eigenvalue weighted by Gasteiger charge is 2.11. The van der Waals surface area contributed by atoms with Crippen LogP contribution in [0.4, 0.5) is 5.69 Å². The lowest BCUT2D eigenvalue weighted by Gasteiger charge is -2.14. The van der Waals surface area contributed by atoms with Crippen molar-refractivity contribution in [3.05, 3.63) is 52.5 Å². The van der Waals surface area contributed by atoms with Gasteiger partial charge in [0.2, 0.25) is 0 Å². The van der Waals surface area contributed by atoms with Crippen LogP contribution in [0, 0.1) is 6.92 Å². The zero-order valence-electron chi connectivity index (χ0n) is 12.6. The van der Waals surface area contributed by atoms with Crippen molar-refractivity contribution in [2.45, 2.75) is 20.4 Å². The SMILES string of the molecule is CCOc1cc(CNc2ccc(C)cc2)cc(Cl)c1OC. The van der Waals surface area contributed by atoms with Crippen molar-refractivity contribution < 1.29 is 9.47 Å². The Morgan fingerprint density at radius 2 is 1.86 bits per heavy atom. The Labute approximate surface area is 130 Å². The second kappa shape index (κ2) is 7.23. The second-order valence-corrected chi connectivity index (χ2v) is 5.17. The van der Waals surface area contributed by atoms with Crippen LogP contribution in [0.1, 0.15) is 18.1 Å². The van der Waals surface area contributed by atoms with Crippen LogP contribution in [0.2, 0.25) is 5.02 Å². The Bertz CT molecular complexity index is 596. The van der Waals surface area contributed by atoms with E-state index in [4.69, 9.17) is 21.1 Å². The fraction of sp³-hybridized carbons (Fsp3) is 0.294. The van der Waals surface area contributed by atoms with E-state index in [-0.39, 0.29) is 0 Å². The summed E-state index contributed by atoms with van der Waals surface area (Å²) in [7, 11) is 1.59. The Morgan fingerprint density at radius 3 is 2.48 bits per heavy atom. The third-order valence-electron chi connectivity index (χ3n) is 3.12. The van der Waals surface area contributed by atoms with Crippen LogP contribution >= 0.6 is 11.6 Å². The normalized spacial score (nSPS) is 10.3. The number of hydrogen-bond donors (Lipinski definition) is 1. The van der Waals surface area contributed by atoms with Crippen molar-refractivity contribution in [1.29, 1.82) is 0 Å². The summed E-state index contributed by atoms with van der Waals surface area (Å²) in [6.07, 6.45) is 0. The molecule has 0 bridgehead atoms. The second-order valence-electron chi connectivity index (χ2n) is 4.76. The molecule has 0 aliphatic heterocycles. The number of benzene rings is 2. The number of nitrogens with one attached hydrogen (secondary N) is 1. The highest BCUT2D eigenvalue weighted by Crippen LogP contribution is 2.36. The standard InChI is InChI=1S/C17H20ClNO2/c1-4-21-16-10-13(9-15(18)17(16)20-3)11-19-14-7-5-12(2)6-8-14/h5-10,19H,4,11H2,1-3H3. The van der Waals surface area contributed by atoms with Crippen molar-refractivity contribution in [2.75, 3.05) is 19.0 Å². The summed E-state index contributed by atoms with van der Waals surface area (Å²) < 4.78 is 10.9. The van der Waals surface area contributed by atoms with Gasteiger partial charge in [-0.15, -0.1) is 0 Å². The maximum Gasteiger partial charge on any atom is 0.179 e. The number of rotatable bonds is 6. The van der Waals surface area contributed by atoms with Crippen molar-refractivity contribution in [1.82, 2.24) is 0 Å². The summed E-state index contributed by atoms with van der Waals surface area (Å²) in [5.41, 5.74) is 3.36. The molecule has 0 unspecified atom stereocenters. The Hall–Kier alpha value is -1.87. The van der Waals surface area contributed by atoms with Crippen LogP contribution in [-0.2, 0) is 6.54 Å². The quantitative estimate of drug-likeness (QED) is 0.841. The van der Waals surface area contributed by atoms with Gasteiger partial charge in [-0.3, -0.25) is 0 Å². The predicted molar refractivity (Wildman–Crippen MR) is 87.7 cm³/mol. The van der Waals surface area contributed by atoms with Crippen molar-refractivity contribution in [2.24, 2.45) is 0 Å². The molecule has 2 aromatic carbocycles. The Balaban J connectivity index is 2.14. The molecule has 112 valence electrons. The molecule has 1 N–H and O–H groups in total. The molecular formula is C17H20ClNO2. The van der Waals surface area contributed by atoms with E-state index in [0.29, 0.717) is 29.7 Å². The van der Waals surface area contributed by atoms with E-state index in [2.05, 4.69) is 36.5 Å². The zero-order chi connectivity index (χ0) is 15.2. The molecule has 3 nitrogen and oxygen atoms in total. The average molecular weight is 306 g/mol. The van der Waals surface area contributed by atoms with Gasteiger partial charge in [0, 0.05) is 12.2 Å². The number of halogens is 1. The minimum absolute atomic E-state index is 0.559. The van der Waals surface area contributed by atoms with E-state index >= 15 is 0 Å². The minimum Gasteiger partial charge on any atom is -0.491 e. The first-order valence-corrected chi connectivity index (χ1v) is 7.31. The van der Waals surface area contributed by atoms with E-state index in [1.54, 1.807) is 7.11 Å². The number of aryl methyl sites for hydroxylation is 1. The maximum absolute atomic E-state index is 6.24. The molecule has 0 aliphatic rings. The topological polar surface area (TPSA) is 30.5 Å². The third kappa shape index (κ3) is 4.05. The summed E-state index contributed by atoms with van der Waals surface area (Å²) in [5, 5.41) is 3.93. The third-order valence-corrected chi connectivity index (χ3v) is 3.40. The Kier molecular flexibility index (Phi) is 5.34. The minimum atomic E-state index is 0.559. The van der Waals surface area contributed by atoms with Crippen molar-refractivity contribution in [3.63, 3.8) is 0 Å². The van der Waals surface area contributed by atoms with Gasteiger partial charge in [-0.2, -0.15) is 0 Å². The lowest BCUT2D eigenvalue weighted by molar-refractivity contribution is 0.310. The molecule has 0 atom stereocenters. The van der Waals surface area contributed by atoms with Gasteiger partial charge in [0.1, 0.15) is 0 Å². The molecule has 0 saturated heterocycles. The maximum atomic E-state index is 6.24. The van der Waals surface area contributed by atoms with Gasteiger partial charge in [0.15, 0.2) is 11.5 Å². The van der Waals surface area contributed by atoms with E-state index < -0.39 is 0 Å². The van der Waals surface area contributed by atoms with Crippen LogP contribution in [0.15, 0.2) is 36.4 Å². The van der Waals surface area contributed by atoms with Crippen LogP contribution in [-0.4, -0.2) is 13.7 Å². The molecule has 0 spiro atoms. The summed E-state index contributed by atoms with van der Waals surface area (Å²) in [5.74, 6) is 1.26. The summed E-state index contributed by atoms with van der Waals surface area (Å²) in [6, 6.07) is 12.1. The van der Waals surface area contributed by atoms with Gasteiger partial charge in [0.25, 0.3) is 0 Å². The molecule has 0 aliphatic carbocycles. The molecule has 2 rings (SSSR count). The molecule has 0 heterocycles. The number of methoxy groups -OCH3 is 1. The predicted octanol–water partition coefficient (Wildman–Crippen LogP) is 4.67. The van der Waals surface area contributed by atoms with Gasteiger partial charge >= 0.3 is 0 Å². The molecule has 0 aromatic heterocycles. The average Bonchev–Trinajstić information content (AvgIpc) is 2.47. The van der Waals surface area contributed by atoms with E-state index in [1.807, 2.05) is 19.1 Å². The summed E-state index contributed by atoms with van der Waals surface area (Å²) in [6.45, 7) is 5.25. The molecule has 0 amide bonds. The van der Waals surface area contributed by atoms with E-state index in [0.717, 1.165) is 11.3 Å². The lowest BCUT2D eigenvalue weighted by Crippen LogP contribution is -2.02. The first kappa shape index (κ1) is 15.5. The highest BCUT2D eigenvalue weighted by atomic mass is 35.5. The first-order chi connectivity index (χ1) is 10.1. The van der Waals surface area contributed by atoms with Crippen LogP contribution in [0.3, 0.4) is 0 Å². The summed E-state index contributed by atoms with van der Waals surface area (Å²) in [4.78, 5) is 0. The molecule has 0 radical (unpaired) electrons. The van der Waals surface area contributed by atoms with Gasteiger partial charge in [-0.1, -0.05) is 29.3 Å². The number of anilines is 1. The van der Waals surface area contributed by atoms with Crippen LogP contribution < -0.4 is 14.8 Å². The fourth-order valence-corrected chi connectivity index (χ4v) is 2.37. The zero-order valence-corrected chi connectivity index (χ0v) is 13.3. The highest BCUT2D eigenvalue weighted by molar-refractivity contribution is 6.32. The van der Waals surface area contributed by atoms with Crippen molar-refractivity contribution >= 4 is 17.3 Å². The van der Waals surface area contributed by atoms with E-state index in [9.17, 15) is 0 Å². The van der Waals surface area contributed by atoms with Crippen molar-refractivity contribution in [3.8, 4) is 11.5 Å². The van der Waals surface area contributed by atoms with Crippen LogP contribution in [0.5, 0.6) is 11.5 Å². The first-order valence-electron chi connectivity index (χ1n) is 6.93. The van der Waals surface area contributed by atoms with Crippen LogP contribution in [0.25, 0.3) is 0 Å². The largest absolute Gasteiger partial charge is 0.491 e. The molecule has 0 fully saturated rings. The van der Waals surface area contributed by atoms with Gasteiger partial charge in [0.05, 0.1) is 18.7 Å². The van der Waals surface area contributed by atoms with E-state index in [1.165, 1.54) is 5.56 Å². The smallest absolute Gasteiger partial charge is 0.179 e. The lowest BCUT2D eigenvalue weighted by atomic mass is 10.2. The van der Waals surface area contributed by atoms with Gasteiger partial charge < -0.3 is 14.8 Å².